The van der Waals surface area contributed by atoms with Crippen molar-refractivity contribution in [2.45, 2.75) is 39.2 Å². The van der Waals surface area contributed by atoms with E-state index in [0.717, 1.165) is 29.9 Å². The summed E-state index contributed by atoms with van der Waals surface area (Å²) in [6.07, 6.45) is 1.62. The molecular weight excluding hydrogens is 228 g/mol. The van der Waals surface area contributed by atoms with E-state index in [2.05, 4.69) is 13.8 Å². The van der Waals surface area contributed by atoms with Crippen molar-refractivity contribution in [1.29, 1.82) is 0 Å². The first kappa shape index (κ1) is 13.2. The summed E-state index contributed by atoms with van der Waals surface area (Å²) in [5.74, 6) is 1.96. The van der Waals surface area contributed by atoms with Gasteiger partial charge in [0.1, 0.15) is 0 Å². The zero-order valence-corrected chi connectivity index (χ0v) is 11.4. The van der Waals surface area contributed by atoms with Gasteiger partial charge in [0.2, 0.25) is 0 Å². The largest absolute Gasteiger partial charge is 0.490 e. The molecule has 1 atom stereocenters. The molecular formula is C15H22O3. The van der Waals surface area contributed by atoms with Crippen LogP contribution in [0.2, 0.25) is 0 Å². The van der Waals surface area contributed by atoms with Crippen molar-refractivity contribution in [1.82, 2.24) is 0 Å². The third kappa shape index (κ3) is 2.96. The van der Waals surface area contributed by atoms with Gasteiger partial charge in [0.15, 0.2) is 11.5 Å². The highest BCUT2D eigenvalue weighted by molar-refractivity contribution is 5.44. The molecule has 0 aliphatic carbocycles. The molecule has 0 radical (unpaired) electrons. The van der Waals surface area contributed by atoms with E-state index in [1.807, 2.05) is 25.1 Å². The van der Waals surface area contributed by atoms with Gasteiger partial charge in [-0.15, -0.1) is 0 Å². The molecule has 0 saturated heterocycles. The lowest BCUT2D eigenvalue weighted by Crippen LogP contribution is -2.23. The second-order valence-electron chi connectivity index (χ2n) is 5.58. The van der Waals surface area contributed by atoms with E-state index < -0.39 is 5.60 Å². The van der Waals surface area contributed by atoms with Crippen LogP contribution in [-0.2, 0) is 5.60 Å². The summed E-state index contributed by atoms with van der Waals surface area (Å²) in [5.41, 5.74) is 0.0687. The van der Waals surface area contributed by atoms with Gasteiger partial charge >= 0.3 is 0 Å². The molecule has 18 heavy (non-hydrogen) atoms. The second kappa shape index (κ2) is 5.19. The Labute approximate surface area is 109 Å². The summed E-state index contributed by atoms with van der Waals surface area (Å²) in [5, 5.41) is 10.5. The predicted molar refractivity (Wildman–Crippen MR) is 71.1 cm³/mol. The Hall–Kier alpha value is -1.22. The second-order valence-corrected chi connectivity index (χ2v) is 5.58. The SMILES string of the molecule is CC(C)CC(C)(O)c1ccc2c(c1)OCCCO2. The number of aliphatic hydroxyl groups is 1. The molecule has 0 fully saturated rings. The molecule has 0 aromatic heterocycles. The molecule has 1 heterocycles. The fraction of sp³-hybridized carbons (Fsp3) is 0.600. The topological polar surface area (TPSA) is 38.7 Å². The van der Waals surface area contributed by atoms with Gasteiger partial charge in [0, 0.05) is 6.42 Å². The number of hydrogen-bond donors (Lipinski definition) is 1. The van der Waals surface area contributed by atoms with E-state index in [4.69, 9.17) is 9.47 Å². The molecule has 3 heteroatoms. The van der Waals surface area contributed by atoms with Gasteiger partial charge in [0.25, 0.3) is 0 Å². The van der Waals surface area contributed by atoms with Crippen molar-refractivity contribution in [2.75, 3.05) is 13.2 Å². The third-order valence-electron chi connectivity index (χ3n) is 3.18. The first-order valence-electron chi connectivity index (χ1n) is 6.61. The number of benzene rings is 1. The molecule has 0 saturated carbocycles. The molecule has 1 aliphatic rings. The quantitative estimate of drug-likeness (QED) is 0.896. The molecule has 1 aliphatic heterocycles. The maximum atomic E-state index is 10.5. The maximum absolute atomic E-state index is 10.5. The van der Waals surface area contributed by atoms with E-state index in [0.29, 0.717) is 19.1 Å². The average molecular weight is 250 g/mol. The molecule has 1 aromatic carbocycles. The lowest BCUT2D eigenvalue weighted by atomic mass is 9.87. The van der Waals surface area contributed by atoms with Crippen LogP contribution in [0.15, 0.2) is 18.2 Å². The van der Waals surface area contributed by atoms with Crippen molar-refractivity contribution in [3.8, 4) is 11.5 Å². The molecule has 1 unspecified atom stereocenters. The van der Waals surface area contributed by atoms with Crippen molar-refractivity contribution in [3.63, 3.8) is 0 Å². The molecule has 0 amide bonds. The molecule has 3 nitrogen and oxygen atoms in total. The number of hydrogen-bond acceptors (Lipinski definition) is 3. The van der Waals surface area contributed by atoms with Gasteiger partial charge in [-0.1, -0.05) is 19.9 Å². The Kier molecular flexibility index (Phi) is 3.81. The van der Waals surface area contributed by atoms with E-state index in [1.54, 1.807) is 0 Å². The van der Waals surface area contributed by atoms with Crippen LogP contribution in [0.3, 0.4) is 0 Å². The predicted octanol–water partition coefficient (Wildman–Crippen LogP) is 3.10. The first-order chi connectivity index (χ1) is 8.49. The zero-order chi connectivity index (χ0) is 13.2. The Bertz CT molecular complexity index is 410. The Morgan fingerprint density at radius 2 is 1.89 bits per heavy atom. The number of rotatable bonds is 3. The summed E-state index contributed by atoms with van der Waals surface area (Å²) >= 11 is 0. The Morgan fingerprint density at radius 1 is 1.22 bits per heavy atom. The monoisotopic (exact) mass is 250 g/mol. The van der Waals surface area contributed by atoms with Crippen LogP contribution in [0, 0.1) is 5.92 Å². The van der Waals surface area contributed by atoms with Crippen LogP contribution in [0.25, 0.3) is 0 Å². The minimum Gasteiger partial charge on any atom is -0.490 e. The van der Waals surface area contributed by atoms with Gasteiger partial charge < -0.3 is 14.6 Å². The average Bonchev–Trinajstić information content (AvgIpc) is 2.51. The normalized spacial score (nSPS) is 18.3. The minimum atomic E-state index is -0.821. The van der Waals surface area contributed by atoms with Crippen molar-refractivity contribution in [3.05, 3.63) is 23.8 Å². The third-order valence-corrected chi connectivity index (χ3v) is 3.18. The Morgan fingerprint density at radius 3 is 2.56 bits per heavy atom. The number of ether oxygens (including phenoxy) is 2. The van der Waals surface area contributed by atoms with E-state index in [-0.39, 0.29) is 0 Å². The van der Waals surface area contributed by atoms with E-state index in [1.165, 1.54) is 0 Å². The summed E-state index contributed by atoms with van der Waals surface area (Å²) in [4.78, 5) is 0. The van der Waals surface area contributed by atoms with Crippen LogP contribution in [0.1, 0.15) is 39.2 Å². The highest BCUT2D eigenvalue weighted by atomic mass is 16.5. The molecule has 100 valence electrons. The van der Waals surface area contributed by atoms with Crippen LogP contribution in [0.4, 0.5) is 0 Å². The van der Waals surface area contributed by atoms with Gasteiger partial charge in [-0.25, -0.2) is 0 Å². The van der Waals surface area contributed by atoms with Gasteiger partial charge in [0.05, 0.1) is 18.8 Å². The van der Waals surface area contributed by atoms with Crippen molar-refractivity contribution < 1.29 is 14.6 Å². The summed E-state index contributed by atoms with van der Waals surface area (Å²) in [7, 11) is 0. The van der Waals surface area contributed by atoms with E-state index >= 15 is 0 Å². The van der Waals surface area contributed by atoms with Crippen LogP contribution in [-0.4, -0.2) is 18.3 Å². The van der Waals surface area contributed by atoms with Gasteiger partial charge in [-0.3, -0.25) is 0 Å². The lowest BCUT2D eigenvalue weighted by molar-refractivity contribution is 0.0346. The minimum absolute atomic E-state index is 0.441. The maximum Gasteiger partial charge on any atom is 0.161 e. The lowest BCUT2D eigenvalue weighted by Gasteiger charge is -2.26. The smallest absolute Gasteiger partial charge is 0.161 e. The highest BCUT2D eigenvalue weighted by Crippen LogP contribution is 2.36. The summed E-state index contributed by atoms with van der Waals surface area (Å²) in [6, 6.07) is 5.73. The molecule has 0 spiro atoms. The molecule has 2 rings (SSSR count). The summed E-state index contributed by atoms with van der Waals surface area (Å²) in [6.45, 7) is 7.43. The fourth-order valence-electron chi connectivity index (χ4n) is 2.41. The highest BCUT2D eigenvalue weighted by Gasteiger charge is 2.26. The van der Waals surface area contributed by atoms with Crippen molar-refractivity contribution >= 4 is 0 Å². The van der Waals surface area contributed by atoms with Gasteiger partial charge in [-0.2, -0.15) is 0 Å². The van der Waals surface area contributed by atoms with E-state index in [9.17, 15) is 5.11 Å². The van der Waals surface area contributed by atoms with Crippen molar-refractivity contribution in [2.24, 2.45) is 5.92 Å². The van der Waals surface area contributed by atoms with Gasteiger partial charge in [-0.05, 0) is 37.0 Å². The molecule has 1 N–H and O–H groups in total. The summed E-state index contributed by atoms with van der Waals surface area (Å²) < 4.78 is 11.2. The first-order valence-corrected chi connectivity index (χ1v) is 6.61. The Balaban J connectivity index is 2.27. The van der Waals surface area contributed by atoms with Crippen LogP contribution in [0.5, 0.6) is 11.5 Å². The van der Waals surface area contributed by atoms with Crippen LogP contribution < -0.4 is 9.47 Å². The van der Waals surface area contributed by atoms with Crippen LogP contribution >= 0.6 is 0 Å². The molecule has 0 bridgehead atoms. The standard InChI is InChI=1S/C15H22O3/c1-11(2)10-15(3,16)12-5-6-13-14(9-12)18-8-4-7-17-13/h5-6,9,11,16H,4,7-8,10H2,1-3H3. The zero-order valence-electron chi connectivity index (χ0n) is 11.4. The molecule has 1 aromatic rings. The number of fused-ring (bicyclic) bond motifs is 1. The fourth-order valence-corrected chi connectivity index (χ4v) is 2.41.